The molecular formula is C20H13FN6S. The molecule has 0 atom stereocenters. The quantitative estimate of drug-likeness (QED) is 0.408. The van der Waals surface area contributed by atoms with Gasteiger partial charge in [-0.05, 0) is 47.8 Å². The van der Waals surface area contributed by atoms with Gasteiger partial charge in [0, 0.05) is 16.6 Å². The van der Waals surface area contributed by atoms with Crippen LogP contribution < -0.4 is 10.6 Å². The highest BCUT2D eigenvalue weighted by Crippen LogP contribution is 2.30. The molecule has 0 saturated carbocycles. The van der Waals surface area contributed by atoms with Gasteiger partial charge in [-0.1, -0.05) is 6.07 Å². The van der Waals surface area contributed by atoms with E-state index in [0.29, 0.717) is 12.5 Å². The lowest BCUT2D eigenvalue weighted by atomic mass is 10.2. The number of thiophene rings is 1. The minimum Gasteiger partial charge on any atom is -0.349 e. The molecule has 6 nitrogen and oxygen atoms in total. The third kappa shape index (κ3) is 3.19. The molecule has 0 radical (unpaired) electrons. The largest absolute Gasteiger partial charge is 0.349 e. The van der Waals surface area contributed by atoms with Crippen molar-refractivity contribution < 1.29 is 4.39 Å². The van der Waals surface area contributed by atoms with Crippen molar-refractivity contribution in [3.8, 4) is 0 Å². The van der Waals surface area contributed by atoms with E-state index >= 15 is 0 Å². The number of H-pyrrole nitrogens is 1. The van der Waals surface area contributed by atoms with Crippen molar-refractivity contribution in [2.75, 3.05) is 10.6 Å². The molecule has 3 heterocycles. The predicted molar refractivity (Wildman–Crippen MR) is 108 cm³/mol. The molecule has 0 saturated heterocycles. The zero-order valence-corrected chi connectivity index (χ0v) is 15.3. The Balaban J connectivity index is 1.44. The Morgan fingerprint density at radius 1 is 1.11 bits per heavy atom. The summed E-state index contributed by atoms with van der Waals surface area (Å²) in [6.07, 6.45) is 1.78. The second-order valence-corrected chi connectivity index (χ2v) is 7.05. The van der Waals surface area contributed by atoms with Gasteiger partial charge in [0.05, 0.1) is 28.5 Å². The fourth-order valence-electron chi connectivity index (χ4n) is 2.86. The number of aromatic nitrogens is 4. The van der Waals surface area contributed by atoms with E-state index < -0.39 is 5.82 Å². The van der Waals surface area contributed by atoms with E-state index in [1.807, 2.05) is 29.6 Å². The molecule has 8 heteroatoms. The van der Waals surface area contributed by atoms with Crippen LogP contribution in [0.2, 0.25) is 0 Å². The Kier molecular flexibility index (Phi) is 4.00. The van der Waals surface area contributed by atoms with Crippen LogP contribution in [0.5, 0.6) is 0 Å². The van der Waals surface area contributed by atoms with Gasteiger partial charge in [0.1, 0.15) is 0 Å². The zero-order valence-electron chi connectivity index (χ0n) is 14.5. The minimum atomic E-state index is -0.430. The monoisotopic (exact) mass is 388 g/mol. The van der Waals surface area contributed by atoms with Crippen LogP contribution in [0.15, 0.2) is 48.0 Å². The van der Waals surface area contributed by atoms with Crippen molar-refractivity contribution in [3.05, 3.63) is 71.5 Å². The summed E-state index contributed by atoms with van der Waals surface area (Å²) in [5.41, 5.74) is 3.51. The van der Waals surface area contributed by atoms with Crippen LogP contribution in [0, 0.1) is 17.9 Å². The number of anilines is 3. The fraction of sp³-hybridized carbons (Fsp3) is 0.0500. The SMILES string of the molecule is Fc1c#cc(CNc2nc(Nc3ccc4[nH]ncc4c3)c3sccc3n2)cc1. The van der Waals surface area contributed by atoms with E-state index in [4.69, 9.17) is 0 Å². The number of hydrogen-bond acceptors (Lipinski definition) is 6. The number of halogens is 1. The van der Waals surface area contributed by atoms with Crippen molar-refractivity contribution in [3.63, 3.8) is 0 Å². The molecule has 5 aromatic rings. The van der Waals surface area contributed by atoms with E-state index in [2.05, 4.69) is 42.9 Å². The molecule has 5 rings (SSSR count). The Morgan fingerprint density at radius 2 is 2.07 bits per heavy atom. The third-order valence-corrected chi connectivity index (χ3v) is 5.13. The van der Waals surface area contributed by atoms with Crippen LogP contribution in [0.4, 0.5) is 21.8 Å². The summed E-state index contributed by atoms with van der Waals surface area (Å²) in [4.78, 5) is 9.17. The second-order valence-electron chi connectivity index (χ2n) is 6.14. The number of benzene rings is 1. The number of hydrogen-bond donors (Lipinski definition) is 3. The van der Waals surface area contributed by atoms with Crippen molar-refractivity contribution in [2.24, 2.45) is 0 Å². The van der Waals surface area contributed by atoms with E-state index in [-0.39, 0.29) is 0 Å². The third-order valence-electron chi connectivity index (χ3n) is 4.22. The molecule has 0 amide bonds. The van der Waals surface area contributed by atoms with Gasteiger partial charge in [0.25, 0.3) is 0 Å². The van der Waals surface area contributed by atoms with Gasteiger partial charge in [-0.15, -0.1) is 11.3 Å². The molecule has 3 aromatic heterocycles. The van der Waals surface area contributed by atoms with E-state index in [1.165, 1.54) is 6.07 Å². The number of aromatic amines is 1. The van der Waals surface area contributed by atoms with Crippen LogP contribution in [0.1, 0.15) is 5.56 Å². The van der Waals surface area contributed by atoms with Gasteiger partial charge in [-0.2, -0.15) is 14.5 Å². The van der Waals surface area contributed by atoms with Crippen LogP contribution in [-0.2, 0) is 6.54 Å². The topological polar surface area (TPSA) is 78.5 Å². The standard InChI is InChI=1S/C20H13FN6S/c21-14-3-1-12(2-4-14)10-22-20-25-17-7-8-28-18(17)19(26-20)24-15-5-6-16-13(9-15)11-23-27-16/h1,3,5-9,11H,10H2,(H,23,27)(H2,22,24,25,26). The maximum Gasteiger partial charge on any atom is 0.225 e. The molecular weight excluding hydrogens is 375 g/mol. The predicted octanol–water partition coefficient (Wildman–Crippen LogP) is 4.66. The van der Waals surface area contributed by atoms with Crippen LogP contribution >= 0.6 is 11.3 Å². The van der Waals surface area contributed by atoms with Crippen LogP contribution in [0.3, 0.4) is 0 Å². The minimum absolute atomic E-state index is 0.423. The van der Waals surface area contributed by atoms with Crippen molar-refractivity contribution in [2.45, 2.75) is 6.54 Å². The lowest BCUT2D eigenvalue weighted by Gasteiger charge is -2.10. The molecule has 136 valence electrons. The number of nitrogens with zero attached hydrogens (tertiary/aromatic N) is 3. The molecule has 0 bridgehead atoms. The summed E-state index contributed by atoms with van der Waals surface area (Å²) in [5, 5.41) is 16.5. The first-order chi connectivity index (χ1) is 13.7. The molecule has 2 aromatic carbocycles. The summed E-state index contributed by atoms with van der Waals surface area (Å²) in [6, 6.07) is 16.1. The van der Waals surface area contributed by atoms with Gasteiger partial charge in [0.15, 0.2) is 11.6 Å². The highest BCUT2D eigenvalue weighted by atomic mass is 32.1. The molecule has 0 unspecified atom stereocenters. The first-order valence-corrected chi connectivity index (χ1v) is 9.40. The molecule has 28 heavy (non-hydrogen) atoms. The van der Waals surface area contributed by atoms with Gasteiger partial charge in [-0.25, -0.2) is 4.98 Å². The molecule has 0 aliphatic rings. The Bertz CT molecular complexity index is 1260. The molecule has 0 spiro atoms. The van der Waals surface area contributed by atoms with Gasteiger partial charge in [0.2, 0.25) is 5.95 Å². The van der Waals surface area contributed by atoms with E-state index in [0.717, 1.165) is 38.2 Å². The van der Waals surface area contributed by atoms with E-state index in [9.17, 15) is 4.39 Å². The fourth-order valence-corrected chi connectivity index (χ4v) is 3.63. The Labute approximate surface area is 163 Å². The first-order valence-electron chi connectivity index (χ1n) is 8.52. The van der Waals surface area contributed by atoms with Crippen molar-refractivity contribution in [1.82, 2.24) is 20.2 Å². The molecule has 3 N–H and O–H groups in total. The van der Waals surface area contributed by atoms with Crippen molar-refractivity contribution >= 4 is 49.9 Å². The maximum atomic E-state index is 13.0. The molecule has 0 aliphatic heterocycles. The molecule has 0 fully saturated rings. The van der Waals surface area contributed by atoms with E-state index in [1.54, 1.807) is 23.6 Å². The average molecular weight is 388 g/mol. The Hall–Kier alpha value is -3.70. The molecule has 0 aliphatic carbocycles. The Morgan fingerprint density at radius 3 is 2.96 bits per heavy atom. The summed E-state index contributed by atoms with van der Waals surface area (Å²) >= 11 is 1.58. The number of nitrogens with one attached hydrogen (secondary N) is 3. The lowest BCUT2D eigenvalue weighted by molar-refractivity contribution is 0.628. The first kappa shape index (κ1) is 16.5. The van der Waals surface area contributed by atoms with Crippen molar-refractivity contribution in [1.29, 1.82) is 0 Å². The maximum absolute atomic E-state index is 13.0. The number of rotatable bonds is 5. The highest BCUT2D eigenvalue weighted by molar-refractivity contribution is 7.17. The second kappa shape index (κ2) is 6.79. The zero-order chi connectivity index (χ0) is 18.9. The van der Waals surface area contributed by atoms with Crippen LogP contribution in [0.25, 0.3) is 21.1 Å². The van der Waals surface area contributed by atoms with Crippen LogP contribution in [-0.4, -0.2) is 20.2 Å². The normalized spacial score (nSPS) is 10.9. The average Bonchev–Trinajstić information content (AvgIpc) is 3.36. The van der Waals surface area contributed by atoms with Gasteiger partial charge < -0.3 is 10.6 Å². The smallest absolute Gasteiger partial charge is 0.225 e. The van der Waals surface area contributed by atoms with Gasteiger partial charge >= 0.3 is 0 Å². The number of fused-ring (bicyclic) bond motifs is 2. The highest BCUT2D eigenvalue weighted by Gasteiger charge is 2.10. The van der Waals surface area contributed by atoms with Gasteiger partial charge in [-0.3, -0.25) is 5.10 Å². The summed E-state index contributed by atoms with van der Waals surface area (Å²) in [6.45, 7) is 0.423. The summed E-state index contributed by atoms with van der Waals surface area (Å²) in [7, 11) is 0. The lowest BCUT2D eigenvalue weighted by Crippen LogP contribution is -2.05. The summed E-state index contributed by atoms with van der Waals surface area (Å²) in [5.74, 6) is 0.774. The summed E-state index contributed by atoms with van der Waals surface area (Å²) < 4.78 is 14.0.